The predicted octanol–water partition coefficient (Wildman–Crippen LogP) is 4.87. The number of nitrogens with one attached hydrogen (secondary N) is 2. The van der Waals surface area contributed by atoms with E-state index in [0.717, 1.165) is 33.7 Å². The van der Waals surface area contributed by atoms with Crippen molar-refractivity contribution in [2.75, 3.05) is 5.32 Å². The number of H-pyrrole nitrogens is 1. The molecule has 2 aromatic carbocycles. The Morgan fingerprint density at radius 1 is 0.833 bits per heavy atom. The molecule has 2 N–H and O–H groups in total. The van der Waals surface area contributed by atoms with Crippen molar-refractivity contribution in [1.29, 1.82) is 0 Å². The summed E-state index contributed by atoms with van der Waals surface area (Å²) in [6.45, 7) is 0. The first-order chi connectivity index (χ1) is 11.9. The molecule has 0 amide bonds. The zero-order valence-corrected chi connectivity index (χ0v) is 13.0. The fourth-order valence-electron chi connectivity index (χ4n) is 2.61. The SMILES string of the molecule is C(=Cc1n[nH]c2ccccc12)c1ccccc1Nc1ccccn1. The molecule has 116 valence electrons. The molecule has 2 aromatic heterocycles. The second-order valence-corrected chi connectivity index (χ2v) is 5.41. The lowest BCUT2D eigenvalue weighted by atomic mass is 10.1. The van der Waals surface area contributed by atoms with Gasteiger partial charge in [0, 0.05) is 17.3 Å². The number of fused-ring (bicyclic) bond motifs is 1. The summed E-state index contributed by atoms with van der Waals surface area (Å²) in [5.41, 5.74) is 4.05. The molecule has 4 nitrogen and oxygen atoms in total. The van der Waals surface area contributed by atoms with Gasteiger partial charge in [-0.15, -0.1) is 0 Å². The Morgan fingerprint density at radius 2 is 1.67 bits per heavy atom. The van der Waals surface area contributed by atoms with Crippen LogP contribution in [0.1, 0.15) is 11.3 Å². The molecule has 0 saturated heterocycles. The van der Waals surface area contributed by atoms with E-state index in [1.54, 1.807) is 6.20 Å². The lowest BCUT2D eigenvalue weighted by Crippen LogP contribution is -1.94. The first-order valence-electron chi connectivity index (χ1n) is 7.78. The molecule has 0 fully saturated rings. The minimum Gasteiger partial charge on any atom is -0.340 e. The summed E-state index contributed by atoms with van der Waals surface area (Å²) in [6, 6.07) is 22.1. The number of nitrogens with zero attached hydrogens (tertiary/aromatic N) is 2. The highest BCUT2D eigenvalue weighted by Crippen LogP contribution is 2.23. The van der Waals surface area contributed by atoms with Crippen molar-refractivity contribution in [2.24, 2.45) is 0 Å². The van der Waals surface area contributed by atoms with Crippen LogP contribution in [-0.4, -0.2) is 15.2 Å². The summed E-state index contributed by atoms with van der Waals surface area (Å²) >= 11 is 0. The molecule has 0 aliphatic carbocycles. The number of rotatable bonds is 4. The zero-order chi connectivity index (χ0) is 16.2. The van der Waals surface area contributed by atoms with Gasteiger partial charge in [0.2, 0.25) is 0 Å². The van der Waals surface area contributed by atoms with Crippen LogP contribution in [0.15, 0.2) is 72.9 Å². The van der Waals surface area contributed by atoms with E-state index in [1.807, 2.05) is 60.7 Å². The molecule has 4 aromatic rings. The van der Waals surface area contributed by atoms with Crippen LogP contribution in [-0.2, 0) is 0 Å². The van der Waals surface area contributed by atoms with Gasteiger partial charge in [-0.25, -0.2) is 4.98 Å². The maximum atomic E-state index is 4.38. The summed E-state index contributed by atoms with van der Waals surface area (Å²) in [6.07, 6.45) is 5.86. The van der Waals surface area contributed by atoms with Crippen LogP contribution in [0.5, 0.6) is 0 Å². The molecule has 0 saturated carbocycles. The van der Waals surface area contributed by atoms with Crippen LogP contribution in [0.2, 0.25) is 0 Å². The van der Waals surface area contributed by atoms with Crippen LogP contribution in [0.3, 0.4) is 0 Å². The fraction of sp³-hybridized carbons (Fsp3) is 0. The average Bonchev–Trinajstić information content (AvgIpc) is 3.05. The molecular formula is C20H16N4. The molecule has 0 atom stereocenters. The Labute approximate surface area is 139 Å². The number of pyridine rings is 1. The quantitative estimate of drug-likeness (QED) is 0.565. The van der Waals surface area contributed by atoms with Gasteiger partial charge in [-0.3, -0.25) is 5.10 Å². The number of aromatic amines is 1. The van der Waals surface area contributed by atoms with E-state index in [4.69, 9.17) is 0 Å². The van der Waals surface area contributed by atoms with Crippen LogP contribution in [0, 0.1) is 0 Å². The van der Waals surface area contributed by atoms with E-state index in [9.17, 15) is 0 Å². The van der Waals surface area contributed by atoms with Gasteiger partial charge in [0.25, 0.3) is 0 Å². The van der Waals surface area contributed by atoms with Crippen molar-refractivity contribution in [3.05, 3.63) is 84.2 Å². The third-order valence-electron chi connectivity index (χ3n) is 3.81. The molecule has 0 aliphatic rings. The highest BCUT2D eigenvalue weighted by molar-refractivity contribution is 5.90. The standard InChI is InChI=1S/C20H16N4/c1-3-9-17(22-20-11-5-6-14-21-20)15(7-1)12-13-19-16-8-2-4-10-18(16)23-24-19/h1-14H,(H,21,22)(H,23,24). The monoisotopic (exact) mass is 312 g/mol. The largest absolute Gasteiger partial charge is 0.340 e. The maximum Gasteiger partial charge on any atom is 0.130 e. The van der Waals surface area contributed by atoms with Crippen LogP contribution < -0.4 is 5.32 Å². The number of anilines is 2. The summed E-state index contributed by atoms with van der Waals surface area (Å²) in [4.78, 5) is 4.31. The fourth-order valence-corrected chi connectivity index (χ4v) is 2.61. The molecule has 2 heterocycles. The smallest absolute Gasteiger partial charge is 0.130 e. The Balaban J connectivity index is 1.65. The molecule has 24 heavy (non-hydrogen) atoms. The minimum absolute atomic E-state index is 0.823. The summed E-state index contributed by atoms with van der Waals surface area (Å²) in [7, 11) is 0. The third kappa shape index (κ3) is 2.90. The number of aromatic nitrogens is 3. The van der Waals surface area contributed by atoms with Gasteiger partial charge in [-0.2, -0.15) is 5.10 Å². The second kappa shape index (κ2) is 6.38. The zero-order valence-electron chi connectivity index (χ0n) is 13.0. The summed E-state index contributed by atoms with van der Waals surface area (Å²) in [5.74, 6) is 0.823. The van der Waals surface area contributed by atoms with E-state index in [0.29, 0.717) is 0 Å². The highest BCUT2D eigenvalue weighted by atomic mass is 15.1. The van der Waals surface area contributed by atoms with Crippen LogP contribution >= 0.6 is 0 Å². The van der Waals surface area contributed by atoms with Crippen molar-refractivity contribution in [2.45, 2.75) is 0 Å². The van der Waals surface area contributed by atoms with Gasteiger partial charge in [-0.05, 0) is 35.9 Å². The van der Waals surface area contributed by atoms with Crippen molar-refractivity contribution in [3.63, 3.8) is 0 Å². The summed E-state index contributed by atoms with van der Waals surface area (Å²) < 4.78 is 0. The van der Waals surface area contributed by atoms with Gasteiger partial charge in [0.05, 0.1) is 11.2 Å². The number of hydrogen-bond acceptors (Lipinski definition) is 3. The maximum absolute atomic E-state index is 4.38. The van der Waals surface area contributed by atoms with Gasteiger partial charge in [-0.1, -0.05) is 48.5 Å². The lowest BCUT2D eigenvalue weighted by Gasteiger charge is -2.08. The van der Waals surface area contributed by atoms with Gasteiger partial charge in [0.15, 0.2) is 0 Å². The molecule has 4 heteroatoms. The Bertz CT molecular complexity index is 987. The van der Waals surface area contributed by atoms with Gasteiger partial charge < -0.3 is 5.32 Å². The van der Waals surface area contributed by atoms with Crippen molar-refractivity contribution >= 4 is 34.6 Å². The Morgan fingerprint density at radius 3 is 2.58 bits per heavy atom. The minimum atomic E-state index is 0.823. The number of para-hydroxylation sites is 2. The molecule has 4 rings (SSSR count). The van der Waals surface area contributed by atoms with Crippen molar-refractivity contribution < 1.29 is 0 Å². The normalized spacial score (nSPS) is 11.2. The van der Waals surface area contributed by atoms with Crippen LogP contribution in [0.25, 0.3) is 23.1 Å². The Kier molecular flexibility index (Phi) is 3.78. The lowest BCUT2D eigenvalue weighted by molar-refractivity contribution is 1.11. The topological polar surface area (TPSA) is 53.6 Å². The van der Waals surface area contributed by atoms with E-state index in [-0.39, 0.29) is 0 Å². The second-order valence-electron chi connectivity index (χ2n) is 5.41. The number of hydrogen-bond donors (Lipinski definition) is 2. The molecule has 0 aliphatic heterocycles. The van der Waals surface area contributed by atoms with Gasteiger partial charge in [0.1, 0.15) is 5.82 Å². The first kappa shape index (κ1) is 14.2. The molecule has 0 unspecified atom stereocenters. The Hall–Kier alpha value is -3.40. The van der Waals surface area contributed by atoms with E-state index in [1.165, 1.54) is 0 Å². The number of benzene rings is 2. The van der Waals surface area contributed by atoms with E-state index in [2.05, 4.69) is 38.7 Å². The summed E-state index contributed by atoms with van der Waals surface area (Å²) in [5, 5.41) is 11.9. The molecule has 0 spiro atoms. The van der Waals surface area contributed by atoms with E-state index < -0.39 is 0 Å². The van der Waals surface area contributed by atoms with E-state index >= 15 is 0 Å². The molecule has 0 bridgehead atoms. The van der Waals surface area contributed by atoms with Gasteiger partial charge >= 0.3 is 0 Å². The van der Waals surface area contributed by atoms with Crippen molar-refractivity contribution in [1.82, 2.24) is 15.2 Å². The highest BCUT2D eigenvalue weighted by Gasteiger charge is 2.03. The van der Waals surface area contributed by atoms with Crippen molar-refractivity contribution in [3.8, 4) is 0 Å². The third-order valence-corrected chi connectivity index (χ3v) is 3.81. The average molecular weight is 312 g/mol. The predicted molar refractivity (Wildman–Crippen MR) is 99.0 cm³/mol. The first-order valence-corrected chi connectivity index (χ1v) is 7.78. The van der Waals surface area contributed by atoms with Crippen LogP contribution in [0.4, 0.5) is 11.5 Å². The molecule has 0 radical (unpaired) electrons. The molecular weight excluding hydrogens is 296 g/mol.